The zero-order chi connectivity index (χ0) is 21.2. The molecule has 0 saturated carbocycles. The van der Waals surface area contributed by atoms with Gasteiger partial charge in [0.05, 0.1) is 0 Å². The van der Waals surface area contributed by atoms with Gasteiger partial charge in [0.1, 0.15) is 17.7 Å². The monoisotopic (exact) mass is 405 g/mol. The van der Waals surface area contributed by atoms with Gasteiger partial charge in [-0.15, -0.1) is 0 Å². The van der Waals surface area contributed by atoms with E-state index in [0.29, 0.717) is 6.54 Å². The van der Waals surface area contributed by atoms with Crippen LogP contribution in [0.4, 0.5) is 0 Å². The number of fused-ring (bicyclic) bond motifs is 2. The summed E-state index contributed by atoms with van der Waals surface area (Å²) in [6, 6.07) is 20.2. The third kappa shape index (κ3) is 3.80. The zero-order valence-electron chi connectivity index (χ0n) is 17.5. The van der Waals surface area contributed by atoms with Crippen LogP contribution in [0.25, 0.3) is 17.7 Å². The summed E-state index contributed by atoms with van der Waals surface area (Å²) in [5.74, 6) is 1.67. The van der Waals surface area contributed by atoms with Crippen LogP contribution >= 0.6 is 0 Å². The Labute approximate surface area is 183 Å². The first kappa shape index (κ1) is 19.4. The molecule has 152 valence electrons. The lowest BCUT2D eigenvalue weighted by Crippen LogP contribution is -2.30. The smallest absolute Gasteiger partial charge is 0.221 e. The lowest BCUT2D eigenvalue weighted by Gasteiger charge is -2.29. The lowest BCUT2D eigenvalue weighted by atomic mass is 9.94. The topological polar surface area (TPSA) is 43.2 Å². The molecule has 2 aliphatic rings. The van der Waals surface area contributed by atoms with Gasteiger partial charge in [-0.3, -0.25) is 0 Å². The number of rotatable bonds is 6. The molecule has 0 unspecified atom stereocenters. The predicted molar refractivity (Wildman–Crippen MR) is 128 cm³/mol. The van der Waals surface area contributed by atoms with Gasteiger partial charge in [-0.25, -0.2) is 0 Å². The minimum atomic E-state index is 0.633. The maximum absolute atomic E-state index is 5.92. The van der Waals surface area contributed by atoms with Crippen LogP contribution in [0, 0.1) is 6.92 Å². The first-order valence-electron chi connectivity index (χ1n) is 10.5. The predicted octanol–water partition coefficient (Wildman–Crippen LogP) is 4.87. The van der Waals surface area contributed by atoms with Crippen LogP contribution in [0.15, 0.2) is 78.5 Å². The van der Waals surface area contributed by atoms with E-state index in [9.17, 15) is 0 Å². The number of para-hydroxylation sites is 1. The molecule has 0 fully saturated rings. The van der Waals surface area contributed by atoms with Crippen molar-refractivity contribution in [2.75, 3.05) is 6.54 Å². The van der Waals surface area contributed by atoms with E-state index in [1.54, 1.807) is 0 Å². The Kier molecular flexibility index (Phi) is 5.18. The second-order valence-corrected chi connectivity index (χ2v) is 7.72. The number of hydrogen-bond acceptors (Lipinski definition) is 2. The van der Waals surface area contributed by atoms with E-state index >= 15 is 0 Å². The van der Waals surface area contributed by atoms with Gasteiger partial charge in [-0.1, -0.05) is 36.4 Å². The molecule has 2 radical (unpaired) electrons. The Balaban J connectivity index is 1.39. The summed E-state index contributed by atoms with van der Waals surface area (Å²) in [6.45, 7) is 2.80. The summed E-state index contributed by atoms with van der Waals surface area (Å²) in [4.78, 5) is 0. The highest BCUT2D eigenvalue weighted by atomic mass is 16.5. The third-order valence-corrected chi connectivity index (χ3v) is 5.57. The molecule has 2 N–H and O–H groups in total. The fourth-order valence-electron chi connectivity index (χ4n) is 4.16. The number of aryl methyl sites for hydroxylation is 1. The van der Waals surface area contributed by atoms with Gasteiger partial charge in [-0.05, 0) is 67.4 Å². The molecule has 0 spiro atoms. The van der Waals surface area contributed by atoms with E-state index < -0.39 is 0 Å². The number of nitrogens with zero attached hydrogens (tertiary/aromatic N) is 2. The van der Waals surface area contributed by atoms with Gasteiger partial charge in [-0.2, -0.15) is 0 Å². The van der Waals surface area contributed by atoms with Crippen molar-refractivity contribution >= 4 is 31.5 Å². The minimum Gasteiger partial charge on any atom is -0.501 e. The summed E-state index contributed by atoms with van der Waals surface area (Å²) in [5, 5.41) is 0. The molecule has 0 aliphatic carbocycles. The van der Waals surface area contributed by atoms with Crippen molar-refractivity contribution in [1.29, 1.82) is 0 Å². The van der Waals surface area contributed by atoms with Gasteiger partial charge in [0.25, 0.3) is 0 Å². The van der Waals surface area contributed by atoms with Gasteiger partial charge in [0.15, 0.2) is 5.70 Å². The third-order valence-electron chi connectivity index (χ3n) is 5.57. The van der Waals surface area contributed by atoms with E-state index in [4.69, 9.17) is 10.5 Å². The van der Waals surface area contributed by atoms with Crippen LogP contribution in [0.1, 0.15) is 28.9 Å². The summed E-state index contributed by atoms with van der Waals surface area (Å²) in [6.07, 6.45) is 11.5. The van der Waals surface area contributed by atoms with Crippen molar-refractivity contribution in [3.63, 3.8) is 0 Å². The average molecular weight is 405 g/mol. The molecule has 3 aromatic rings. The Morgan fingerprint density at radius 1 is 1.03 bits per heavy atom. The largest absolute Gasteiger partial charge is 0.501 e. The number of ether oxygens (including phenoxy) is 1. The molecule has 31 heavy (non-hydrogen) atoms. The molecule has 5 heteroatoms. The van der Waals surface area contributed by atoms with Gasteiger partial charge >= 0.3 is 0 Å². The first-order chi connectivity index (χ1) is 15.2. The second kappa shape index (κ2) is 8.28. The molecule has 1 aromatic heterocycles. The highest BCUT2D eigenvalue weighted by Gasteiger charge is 2.24. The van der Waals surface area contributed by atoms with Crippen LogP contribution in [-0.4, -0.2) is 29.3 Å². The summed E-state index contributed by atoms with van der Waals surface area (Å²) >= 11 is 0. The maximum Gasteiger partial charge on any atom is 0.221 e. The number of allylic oxidation sites excluding steroid dienone is 2. The molecule has 0 atom stereocenters. The Hall–Kier alpha value is -3.57. The van der Waals surface area contributed by atoms with E-state index in [1.807, 2.05) is 42.5 Å². The van der Waals surface area contributed by atoms with Crippen LogP contribution in [0.3, 0.4) is 0 Å². The molecular weight excluding hydrogens is 381 g/mol. The molecule has 2 aliphatic heterocycles. The summed E-state index contributed by atoms with van der Waals surface area (Å²) in [5.41, 5.74) is 13.2. The van der Waals surface area contributed by atoms with E-state index in [-0.39, 0.29) is 0 Å². The SMILES string of the molecule is Cc1cc(C=Cc2ccc(Oc3ccccc3)cc2)n2c1C(CCN)=C1C=CC=[N+]1[B-]2. The zero-order valence-corrected chi connectivity index (χ0v) is 17.5. The van der Waals surface area contributed by atoms with Crippen LogP contribution in [-0.2, 0) is 0 Å². The summed E-state index contributed by atoms with van der Waals surface area (Å²) in [7, 11) is 2.15. The van der Waals surface area contributed by atoms with Crippen molar-refractivity contribution < 1.29 is 9.22 Å². The van der Waals surface area contributed by atoms with Crippen LogP contribution < -0.4 is 10.5 Å². The van der Waals surface area contributed by atoms with E-state index in [1.165, 1.54) is 22.5 Å². The van der Waals surface area contributed by atoms with Gasteiger partial charge < -0.3 is 19.4 Å². The first-order valence-corrected chi connectivity index (χ1v) is 10.5. The Morgan fingerprint density at radius 3 is 2.58 bits per heavy atom. The van der Waals surface area contributed by atoms with E-state index in [2.05, 4.69) is 72.2 Å². The number of benzene rings is 2. The Morgan fingerprint density at radius 2 is 1.81 bits per heavy atom. The van der Waals surface area contributed by atoms with Crippen molar-refractivity contribution in [2.24, 2.45) is 5.73 Å². The maximum atomic E-state index is 5.92. The number of aromatic nitrogens is 1. The van der Waals surface area contributed by atoms with Crippen LogP contribution in [0.2, 0.25) is 0 Å². The number of hydrogen-bond donors (Lipinski definition) is 1. The van der Waals surface area contributed by atoms with Crippen LogP contribution in [0.5, 0.6) is 11.5 Å². The molecule has 0 saturated heterocycles. The molecule has 3 heterocycles. The molecule has 5 rings (SSSR count). The molecule has 0 bridgehead atoms. The molecule has 2 aromatic carbocycles. The van der Waals surface area contributed by atoms with Crippen molar-refractivity contribution in [3.05, 3.63) is 101 Å². The van der Waals surface area contributed by atoms with Gasteiger partial charge in [0.2, 0.25) is 7.55 Å². The van der Waals surface area contributed by atoms with Crippen molar-refractivity contribution in [1.82, 2.24) is 4.48 Å². The van der Waals surface area contributed by atoms with Gasteiger partial charge in [0, 0.05) is 29.1 Å². The highest BCUT2D eigenvalue weighted by molar-refractivity contribution is 6.28. The van der Waals surface area contributed by atoms with E-state index in [0.717, 1.165) is 29.2 Å². The highest BCUT2D eigenvalue weighted by Crippen LogP contribution is 2.33. The molecular formula is C26H24BN3O. The molecule has 4 nitrogen and oxygen atoms in total. The average Bonchev–Trinajstić information content (AvgIpc) is 3.38. The Bertz CT molecular complexity index is 1230. The number of nitrogens with two attached hydrogens (primary N) is 1. The fraction of sp³-hybridized carbons (Fsp3) is 0.115. The second-order valence-electron chi connectivity index (χ2n) is 7.72. The van der Waals surface area contributed by atoms with Crippen molar-refractivity contribution in [2.45, 2.75) is 13.3 Å². The fourth-order valence-corrected chi connectivity index (χ4v) is 4.16. The normalized spacial score (nSPS) is 14.7. The minimum absolute atomic E-state index is 0.633. The summed E-state index contributed by atoms with van der Waals surface area (Å²) < 4.78 is 10.3. The quantitative estimate of drug-likeness (QED) is 0.595. The van der Waals surface area contributed by atoms with Crippen molar-refractivity contribution in [3.8, 4) is 11.5 Å². The lowest BCUT2D eigenvalue weighted by molar-refractivity contribution is -0.307. The standard InChI is InChI=1S/C26H24BN3O/c1-19-18-21(30-26(19)24(15-16-28)25-8-5-17-29(25)27-30)12-9-20-10-13-23(14-11-20)31-22-6-3-2-4-7-22/h2-14,17-18H,15-16,28H2,1H3. The molecule has 0 amide bonds.